The van der Waals surface area contributed by atoms with Gasteiger partial charge in [-0.2, -0.15) is 0 Å². The lowest BCUT2D eigenvalue weighted by Crippen LogP contribution is -1.96. The molecule has 0 saturated heterocycles. The molecule has 76 valence electrons. The van der Waals surface area contributed by atoms with Gasteiger partial charge in [-0.1, -0.05) is 12.2 Å². The van der Waals surface area contributed by atoms with Gasteiger partial charge in [-0.3, -0.25) is 0 Å². The summed E-state index contributed by atoms with van der Waals surface area (Å²) in [6.45, 7) is 0. The van der Waals surface area contributed by atoms with Gasteiger partial charge in [0.15, 0.2) is 0 Å². The Hall–Kier alpha value is -1.51. The van der Waals surface area contributed by atoms with E-state index in [1.165, 1.54) is 13.2 Å². The zero-order valence-corrected chi connectivity index (χ0v) is 8.45. The average molecular weight is 194 g/mol. The van der Waals surface area contributed by atoms with Crippen LogP contribution in [-0.4, -0.2) is 20.2 Å². The number of hydrogen-bond acceptors (Lipinski definition) is 3. The molecule has 0 radical (unpaired) electrons. The molecule has 0 aromatic heterocycles. The molecule has 0 saturated carbocycles. The fraction of sp³-hybridized carbons (Fsp3) is 0.364. The maximum Gasteiger partial charge on any atom is 0.330 e. The fourth-order valence-corrected chi connectivity index (χ4v) is 1.19. The summed E-state index contributed by atoms with van der Waals surface area (Å²) in [4.78, 5) is 10.8. The lowest BCUT2D eigenvalue weighted by molar-refractivity contribution is -0.134. The van der Waals surface area contributed by atoms with Crippen LogP contribution in [0.5, 0.6) is 0 Å². The topological polar surface area (TPSA) is 35.5 Å². The Kier molecular flexibility index (Phi) is 3.98. The van der Waals surface area contributed by atoms with Gasteiger partial charge in [-0.25, -0.2) is 4.79 Å². The monoisotopic (exact) mass is 194 g/mol. The molecule has 0 heterocycles. The summed E-state index contributed by atoms with van der Waals surface area (Å²) in [6.07, 6.45) is 8.84. The lowest BCUT2D eigenvalue weighted by atomic mass is 10.0. The number of hydrogen-bond donors (Lipinski definition) is 0. The number of allylic oxidation sites excluding steroid dienone is 5. The van der Waals surface area contributed by atoms with Gasteiger partial charge >= 0.3 is 5.97 Å². The molecule has 0 N–H and O–H groups in total. The first-order chi connectivity index (χ1) is 6.76. The third-order valence-corrected chi connectivity index (χ3v) is 2.04. The molecule has 0 spiro atoms. The van der Waals surface area contributed by atoms with Crippen LogP contribution in [0, 0.1) is 0 Å². The molecule has 3 heteroatoms. The zero-order valence-electron chi connectivity index (χ0n) is 8.45. The molecular formula is C11H14O3. The standard InChI is InChI=1S/C11H14O3/c1-13-10-6-3-9(4-7-10)5-8-11(12)14-2/h3,5-6,8H,4,7H2,1-2H3/b8-5+. The maximum absolute atomic E-state index is 10.8. The van der Waals surface area contributed by atoms with Crippen molar-refractivity contribution in [3.63, 3.8) is 0 Å². The van der Waals surface area contributed by atoms with E-state index in [1.54, 1.807) is 13.2 Å². The minimum absolute atomic E-state index is 0.326. The van der Waals surface area contributed by atoms with Gasteiger partial charge in [0.25, 0.3) is 0 Å². The normalized spacial score (nSPS) is 16.1. The van der Waals surface area contributed by atoms with Crippen molar-refractivity contribution in [3.8, 4) is 0 Å². The number of esters is 1. The van der Waals surface area contributed by atoms with Crippen molar-refractivity contribution < 1.29 is 14.3 Å². The third kappa shape index (κ3) is 3.09. The van der Waals surface area contributed by atoms with E-state index in [1.807, 2.05) is 12.2 Å². The quantitative estimate of drug-likeness (QED) is 0.509. The van der Waals surface area contributed by atoms with Gasteiger partial charge < -0.3 is 9.47 Å². The highest BCUT2D eigenvalue weighted by Gasteiger charge is 2.04. The van der Waals surface area contributed by atoms with Crippen molar-refractivity contribution in [1.29, 1.82) is 0 Å². The predicted molar refractivity (Wildman–Crippen MR) is 53.6 cm³/mol. The molecule has 1 aliphatic rings. The first-order valence-corrected chi connectivity index (χ1v) is 4.46. The van der Waals surface area contributed by atoms with Crippen molar-refractivity contribution >= 4 is 5.97 Å². The van der Waals surface area contributed by atoms with Crippen molar-refractivity contribution in [2.45, 2.75) is 12.8 Å². The highest BCUT2D eigenvalue weighted by molar-refractivity contribution is 5.82. The minimum atomic E-state index is -0.326. The fourth-order valence-electron chi connectivity index (χ4n) is 1.19. The first-order valence-electron chi connectivity index (χ1n) is 4.46. The zero-order chi connectivity index (χ0) is 10.4. The Morgan fingerprint density at radius 1 is 1.36 bits per heavy atom. The molecule has 0 atom stereocenters. The van der Waals surface area contributed by atoms with Crippen LogP contribution in [0.1, 0.15) is 12.8 Å². The summed E-state index contributed by atoms with van der Waals surface area (Å²) in [5.74, 6) is 0.646. The molecule has 0 bridgehead atoms. The van der Waals surface area contributed by atoms with Crippen LogP contribution >= 0.6 is 0 Å². The van der Waals surface area contributed by atoms with E-state index in [0.717, 1.165) is 24.2 Å². The average Bonchev–Trinajstić information content (AvgIpc) is 2.26. The summed E-state index contributed by atoms with van der Waals surface area (Å²) >= 11 is 0. The Bertz CT molecular complexity index is 298. The molecule has 1 aliphatic carbocycles. The van der Waals surface area contributed by atoms with Crippen LogP contribution in [0.2, 0.25) is 0 Å². The number of carbonyl (C=O) groups is 1. The molecule has 0 amide bonds. The Morgan fingerprint density at radius 2 is 2.14 bits per heavy atom. The highest BCUT2D eigenvalue weighted by atomic mass is 16.5. The van der Waals surface area contributed by atoms with E-state index < -0.39 is 0 Å². The summed E-state index contributed by atoms with van der Waals surface area (Å²) in [6, 6.07) is 0. The number of ether oxygens (including phenoxy) is 2. The van der Waals surface area contributed by atoms with Crippen LogP contribution in [0.3, 0.4) is 0 Å². The second-order valence-corrected chi connectivity index (χ2v) is 2.94. The van der Waals surface area contributed by atoms with Crippen molar-refractivity contribution in [1.82, 2.24) is 0 Å². The number of rotatable bonds is 3. The Balaban J connectivity index is 2.56. The van der Waals surface area contributed by atoms with Crippen LogP contribution < -0.4 is 0 Å². The number of carbonyl (C=O) groups excluding carboxylic acids is 1. The van der Waals surface area contributed by atoms with Crippen molar-refractivity contribution in [2.75, 3.05) is 14.2 Å². The van der Waals surface area contributed by atoms with E-state index in [-0.39, 0.29) is 5.97 Å². The van der Waals surface area contributed by atoms with E-state index in [2.05, 4.69) is 4.74 Å². The van der Waals surface area contributed by atoms with E-state index in [9.17, 15) is 4.79 Å². The van der Waals surface area contributed by atoms with E-state index in [4.69, 9.17) is 4.74 Å². The second kappa shape index (κ2) is 5.27. The van der Waals surface area contributed by atoms with Gasteiger partial charge in [-0.05, 0) is 18.1 Å². The van der Waals surface area contributed by atoms with Crippen LogP contribution in [0.25, 0.3) is 0 Å². The van der Waals surface area contributed by atoms with E-state index >= 15 is 0 Å². The van der Waals surface area contributed by atoms with Gasteiger partial charge in [0.2, 0.25) is 0 Å². The second-order valence-electron chi connectivity index (χ2n) is 2.94. The van der Waals surface area contributed by atoms with Crippen molar-refractivity contribution in [2.24, 2.45) is 0 Å². The maximum atomic E-state index is 10.8. The van der Waals surface area contributed by atoms with Gasteiger partial charge in [-0.15, -0.1) is 0 Å². The third-order valence-electron chi connectivity index (χ3n) is 2.04. The summed E-state index contributed by atoms with van der Waals surface area (Å²) in [5, 5.41) is 0. The van der Waals surface area contributed by atoms with Gasteiger partial charge in [0.05, 0.1) is 20.0 Å². The predicted octanol–water partition coefficient (Wildman–Crippen LogP) is 1.97. The largest absolute Gasteiger partial charge is 0.501 e. The van der Waals surface area contributed by atoms with Crippen LogP contribution in [0.15, 0.2) is 35.6 Å². The molecule has 0 aliphatic heterocycles. The molecule has 14 heavy (non-hydrogen) atoms. The molecule has 0 unspecified atom stereocenters. The minimum Gasteiger partial charge on any atom is -0.501 e. The summed E-state index contributed by atoms with van der Waals surface area (Å²) in [5.41, 5.74) is 1.11. The van der Waals surface area contributed by atoms with Crippen molar-refractivity contribution in [3.05, 3.63) is 35.6 Å². The van der Waals surface area contributed by atoms with Crippen LogP contribution in [-0.2, 0) is 14.3 Å². The molecule has 0 aromatic carbocycles. The molecule has 3 nitrogen and oxygen atoms in total. The Morgan fingerprint density at radius 3 is 2.64 bits per heavy atom. The van der Waals surface area contributed by atoms with Gasteiger partial charge in [0.1, 0.15) is 0 Å². The first kappa shape index (κ1) is 10.6. The molecular weight excluding hydrogens is 180 g/mol. The Labute approximate surface area is 83.7 Å². The molecule has 1 rings (SSSR count). The smallest absolute Gasteiger partial charge is 0.330 e. The highest BCUT2D eigenvalue weighted by Crippen LogP contribution is 2.19. The molecule has 0 aromatic rings. The van der Waals surface area contributed by atoms with E-state index in [0.29, 0.717) is 0 Å². The summed E-state index contributed by atoms with van der Waals surface area (Å²) in [7, 11) is 3.03. The van der Waals surface area contributed by atoms with Gasteiger partial charge in [0, 0.05) is 12.5 Å². The van der Waals surface area contributed by atoms with Crippen LogP contribution in [0.4, 0.5) is 0 Å². The molecule has 0 fully saturated rings. The summed E-state index contributed by atoms with van der Waals surface area (Å²) < 4.78 is 9.58. The lowest BCUT2D eigenvalue weighted by Gasteiger charge is -2.10. The number of methoxy groups -OCH3 is 2. The SMILES string of the molecule is COC(=O)/C=C/C1=CC=C(OC)CC1.